The molecule has 1 aromatic heterocycles. The van der Waals surface area contributed by atoms with E-state index in [0.29, 0.717) is 11.9 Å². The highest BCUT2D eigenvalue weighted by atomic mass is 15.5. The highest BCUT2D eigenvalue weighted by molar-refractivity contribution is 5.61. The molecular weight excluding hydrogens is 250 g/mol. The molecule has 0 bridgehead atoms. The van der Waals surface area contributed by atoms with E-state index in [1.165, 1.54) is 19.3 Å². The maximum Gasteiger partial charge on any atom is 0.204 e. The first-order valence-electron chi connectivity index (χ1n) is 7.33. The fraction of sp³-hybridized carbons (Fsp3) is 0.533. The van der Waals surface area contributed by atoms with E-state index in [4.69, 9.17) is 0 Å². The Bertz CT molecular complexity index is 551. The number of hydrogen-bond acceptors (Lipinski definition) is 4. The van der Waals surface area contributed by atoms with Crippen molar-refractivity contribution in [2.75, 3.05) is 5.32 Å². The lowest BCUT2D eigenvalue weighted by molar-refractivity contribution is 0.281. The maximum atomic E-state index is 4.03. The van der Waals surface area contributed by atoms with E-state index in [1.54, 1.807) is 0 Å². The second kappa shape index (κ2) is 5.61. The summed E-state index contributed by atoms with van der Waals surface area (Å²) in [6, 6.07) is 8.79. The van der Waals surface area contributed by atoms with Crippen molar-refractivity contribution in [1.29, 1.82) is 0 Å². The van der Waals surface area contributed by atoms with Crippen LogP contribution in [0.5, 0.6) is 0 Å². The van der Waals surface area contributed by atoms with Gasteiger partial charge in [0.25, 0.3) is 0 Å². The minimum Gasteiger partial charge on any atom is -0.382 e. The quantitative estimate of drug-likeness (QED) is 0.900. The number of H-pyrrole nitrogens is 1. The molecular formula is C15H21N5. The molecule has 106 valence electrons. The topological polar surface area (TPSA) is 66.5 Å². The third-order valence-electron chi connectivity index (χ3n) is 4.28. The molecule has 2 N–H and O–H groups in total. The number of tetrazole rings is 1. The lowest BCUT2D eigenvalue weighted by Gasteiger charge is -2.34. The zero-order valence-electron chi connectivity index (χ0n) is 12.0. The summed E-state index contributed by atoms with van der Waals surface area (Å²) >= 11 is 0. The second-order valence-corrected chi connectivity index (χ2v) is 5.96. The van der Waals surface area contributed by atoms with E-state index < -0.39 is 0 Å². The van der Waals surface area contributed by atoms with Crippen LogP contribution < -0.4 is 5.32 Å². The first-order chi connectivity index (χ1) is 9.72. The number of nitrogens with one attached hydrogen (secondary N) is 2. The molecule has 3 unspecified atom stereocenters. The molecule has 20 heavy (non-hydrogen) atoms. The van der Waals surface area contributed by atoms with E-state index >= 15 is 0 Å². The summed E-state index contributed by atoms with van der Waals surface area (Å²) in [5, 5.41) is 17.8. The zero-order valence-corrected chi connectivity index (χ0v) is 12.0. The van der Waals surface area contributed by atoms with Gasteiger partial charge in [-0.3, -0.25) is 0 Å². The summed E-state index contributed by atoms with van der Waals surface area (Å²) < 4.78 is 0. The predicted octanol–water partition coefficient (Wildman–Crippen LogP) is 3.10. The van der Waals surface area contributed by atoms with Crippen LogP contribution in [0, 0.1) is 11.8 Å². The second-order valence-electron chi connectivity index (χ2n) is 5.96. The Labute approximate surface area is 119 Å². The predicted molar refractivity (Wildman–Crippen MR) is 79.2 cm³/mol. The molecule has 1 fully saturated rings. The minimum atomic E-state index is 0.555. The SMILES string of the molecule is CC1CCC(C)C(Nc2cccc(-c3nn[nH]n3)c2)C1. The van der Waals surface area contributed by atoms with Crippen molar-refractivity contribution >= 4 is 5.69 Å². The van der Waals surface area contributed by atoms with E-state index in [1.807, 2.05) is 12.1 Å². The number of anilines is 1. The van der Waals surface area contributed by atoms with Gasteiger partial charge in [-0.15, -0.1) is 10.2 Å². The molecule has 0 radical (unpaired) electrons. The number of aromatic nitrogens is 4. The van der Waals surface area contributed by atoms with Gasteiger partial charge in [0.2, 0.25) is 5.82 Å². The Hall–Kier alpha value is -1.91. The van der Waals surface area contributed by atoms with Gasteiger partial charge in [-0.05, 0) is 42.0 Å². The third-order valence-corrected chi connectivity index (χ3v) is 4.28. The summed E-state index contributed by atoms with van der Waals surface area (Å²) in [4.78, 5) is 0. The van der Waals surface area contributed by atoms with E-state index in [9.17, 15) is 0 Å². The summed E-state index contributed by atoms with van der Waals surface area (Å²) in [5.41, 5.74) is 2.12. The van der Waals surface area contributed by atoms with Crippen LogP contribution in [0.3, 0.4) is 0 Å². The largest absolute Gasteiger partial charge is 0.382 e. The fourth-order valence-electron chi connectivity index (χ4n) is 2.98. The molecule has 3 rings (SSSR count). The lowest BCUT2D eigenvalue weighted by atomic mass is 9.80. The van der Waals surface area contributed by atoms with E-state index in [2.05, 4.69) is 51.9 Å². The highest BCUT2D eigenvalue weighted by Crippen LogP contribution is 2.31. The smallest absolute Gasteiger partial charge is 0.204 e. The number of hydrogen-bond donors (Lipinski definition) is 2. The van der Waals surface area contributed by atoms with Gasteiger partial charge in [-0.2, -0.15) is 5.21 Å². The molecule has 1 heterocycles. The summed E-state index contributed by atoms with van der Waals surface area (Å²) in [5.74, 6) is 2.17. The molecule has 0 aliphatic heterocycles. The maximum absolute atomic E-state index is 4.03. The molecule has 3 atom stereocenters. The van der Waals surface area contributed by atoms with Gasteiger partial charge in [0.05, 0.1) is 0 Å². The number of nitrogens with zero attached hydrogens (tertiary/aromatic N) is 3. The fourth-order valence-corrected chi connectivity index (χ4v) is 2.98. The van der Waals surface area contributed by atoms with Crippen LogP contribution in [0.25, 0.3) is 11.4 Å². The van der Waals surface area contributed by atoms with Crippen molar-refractivity contribution in [2.45, 2.75) is 39.2 Å². The van der Waals surface area contributed by atoms with Crippen molar-refractivity contribution in [1.82, 2.24) is 20.6 Å². The first kappa shape index (κ1) is 13.1. The average molecular weight is 271 g/mol. The Morgan fingerprint density at radius 2 is 2.15 bits per heavy atom. The van der Waals surface area contributed by atoms with Crippen molar-refractivity contribution < 1.29 is 0 Å². The van der Waals surface area contributed by atoms with Crippen LogP contribution in [0.15, 0.2) is 24.3 Å². The van der Waals surface area contributed by atoms with Gasteiger partial charge in [0.15, 0.2) is 0 Å². The monoisotopic (exact) mass is 271 g/mol. The first-order valence-corrected chi connectivity index (χ1v) is 7.33. The molecule has 1 aliphatic carbocycles. The zero-order chi connectivity index (χ0) is 13.9. The van der Waals surface area contributed by atoms with Crippen molar-refractivity contribution in [2.24, 2.45) is 11.8 Å². The van der Waals surface area contributed by atoms with Crippen LogP contribution in [0.4, 0.5) is 5.69 Å². The molecule has 0 spiro atoms. The van der Waals surface area contributed by atoms with Gasteiger partial charge in [0.1, 0.15) is 0 Å². The number of benzene rings is 1. The molecule has 1 aliphatic rings. The van der Waals surface area contributed by atoms with Crippen molar-refractivity contribution in [3.63, 3.8) is 0 Å². The highest BCUT2D eigenvalue weighted by Gasteiger charge is 2.25. The van der Waals surface area contributed by atoms with Crippen LogP contribution in [0.2, 0.25) is 0 Å². The normalized spacial score (nSPS) is 26.4. The standard InChI is InChI=1S/C15H21N5/c1-10-6-7-11(2)14(8-10)16-13-5-3-4-12(9-13)15-17-19-20-18-15/h3-5,9-11,14,16H,6-8H2,1-2H3,(H,17,18,19,20). The van der Waals surface area contributed by atoms with Gasteiger partial charge < -0.3 is 5.32 Å². The Morgan fingerprint density at radius 3 is 2.95 bits per heavy atom. The van der Waals surface area contributed by atoms with E-state index in [0.717, 1.165) is 23.1 Å². The van der Waals surface area contributed by atoms with Crippen LogP contribution in [-0.2, 0) is 0 Å². The molecule has 5 heteroatoms. The van der Waals surface area contributed by atoms with E-state index in [-0.39, 0.29) is 0 Å². The van der Waals surface area contributed by atoms with Gasteiger partial charge >= 0.3 is 0 Å². The number of rotatable bonds is 3. The van der Waals surface area contributed by atoms with Crippen molar-refractivity contribution in [3.05, 3.63) is 24.3 Å². The average Bonchev–Trinajstić information content (AvgIpc) is 2.97. The van der Waals surface area contributed by atoms with Gasteiger partial charge in [0, 0.05) is 17.3 Å². The third kappa shape index (κ3) is 2.81. The Kier molecular flexibility index (Phi) is 3.67. The Balaban J connectivity index is 1.76. The summed E-state index contributed by atoms with van der Waals surface area (Å²) in [6.45, 7) is 4.68. The minimum absolute atomic E-state index is 0.555. The molecule has 2 aromatic rings. The Morgan fingerprint density at radius 1 is 1.25 bits per heavy atom. The van der Waals surface area contributed by atoms with Gasteiger partial charge in [-0.1, -0.05) is 32.4 Å². The van der Waals surface area contributed by atoms with Crippen LogP contribution in [0.1, 0.15) is 33.1 Å². The molecule has 1 saturated carbocycles. The van der Waals surface area contributed by atoms with Gasteiger partial charge in [-0.25, -0.2) is 0 Å². The lowest BCUT2D eigenvalue weighted by Crippen LogP contribution is -2.33. The summed E-state index contributed by atoms with van der Waals surface area (Å²) in [6.07, 6.45) is 3.90. The summed E-state index contributed by atoms with van der Waals surface area (Å²) in [7, 11) is 0. The molecule has 1 aromatic carbocycles. The molecule has 5 nitrogen and oxygen atoms in total. The molecule has 0 saturated heterocycles. The van der Waals surface area contributed by atoms with Crippen LogP contribution in [-0.4, -0.2) is 26.7 Å². The molecule has 0 amide bonds. The van der Waals surface area contributed by atoms with Crippen molar-refractivity contribution in [3.8, 4) is 11.4 Å². The number of aromatic amines is 1. The van der Waals surface area contributed by atoms with Crippen LogP contribution >= 0.6 is 0 Å².